The SMILES string of the molecule is CCOCC=P(c1ccccc1)(c1ccccc1)c1ccccc1. The van der Waals surface area contributed by atoms with Crippen molar-refractivity contribution in [2.75, 3.05) is 13.2 Å². The van der Waals surface area contributed by atoms with Crippen LogP contribution >= 0.6 is 6.89 Å². The van der Waals surface area contributed by atoms with E-state index in [-0.39, 0.29) is 0 Å². The Kier molecular flexibility index (Phi) is 5.69. The molecule has 0 aliphatic carbocycles. The topological polar surface area (TPSA) is 9.23 Å². The van der Waals surface area contributed by atoms with Gasteiger partial charge in [-0.25, -0.2) is 0 Å². The average molecular weight is 334 g/mol. The minimum atomic E-state index is -1.83. The quantitative estimate of drug-likeness (QED) is 0.492. The second-order valence-corrected chi connectivity index (χ2v) is 8.93. The Hall–Kier alpha value is -2.08. The summed E-state index contributed by atoms with van der Waals surface area (Å²) >= 11 is 0. The van der Waals surface area contributed by atoms with Gasteiger partial charge in [-0.3, -0.25) is 0 Å². The van der Waals surface area contributed by atoms with Crippen molar-refractivity contribution in [1.29, 1.82) is 0 Å². The fourth-order valence-corrected chi connectivity index (χ4v) is 6.82. The maximum atomic E-state index is 5.73. The van der Waals surface area contributed by atoms with Gasteiger partial charge in [0, 0.05) is 6.61 Å². The summed E-state index contributed by atoms with van der Waals surface area (Å²) in [5, 5.41) is 4.09. The lowest BCUT2D eigenvalue weighted by molar-refractivity contribution is 0.191. The molecule has 122 valence electrons. The first-order valence-corrected chi connectivity index (χ1v) is 10.2. The van der Waals surface area contributed by atoms with Crippen LogP contribution < -0.4 is 15.9 Å². The lowest BCUT2D eigenvalue weighted by Crippen LogP contribution is -2.27. The Labute approximate surface area is 144 Å². The fraction of sp³-hybridized carbons (Fsp3) is 0.136. The van der Waals surface area contributed by atoms with Gasteiger partial charge >= 0.3 is 0 Å². The van der Waals surface area contributed by atoms with E-state index in [4.69, 9.17) is 4.74 Å². The van der Waals surface area contributed by atoms with Crippen molar-refractivity contribution < 1.29 is 4.74 Å². The summed E-state index contributed by atoms with van der Waals surface area (Å²) in [6, 6.07) is 32.5. The third kappa shape index (κ3) is 3.38. The van der Waals surface area contributed by atoms with E-state index in [1.165, 1.54) is 15.9 Å². The maximum Gasteiger partial charge on any atom is 0.0660 e. The van der Waals surface area contributed by atoms with E-state index in [0.717, 1.165) is 6.61 Å². The molecule has 0 N–H and O–H groups in total. The smallest absolute Gasteiger partial charge is 0.0660 e. The molecule has 0 bridgehead atoms. The molecule has 0 atom stereocenters. The zero-order chi connectivity index (χ0) is 16.7. The largest absolute Gasteiger partial charge is 0.378 e. The van der Waals surface area contributed by atoms with E-state index in [0.29, 0.717) is 6.61 Å². The monoisotopic (exact) mass is 334 g/mol. The minimum absolute atomic E-state index is 0.656. The van der Waals surface area contributed by atoms with Gasteiger partial charge in [-0.2, -0.15) is 0 Å². The van der Waals surface area contributed by atoms with Crippen LogP contribution in [0.15, 0.2) is 91.0 Å². The summed E-state index contributed by atoms with van der Waals surface area (Å²) in [6.45, 7) is 1.60. The minimum Gasteiger partial charge on any atom is -0.378 e. The van der Waals surface area contributed by atoms with E-state index >= 15 is 0 Å². The highest BCUT2D eigenvalue weighted by Gasteiger charge is 2.24. The number of hydrogen-bond acceptors (Lipinski definition) is 1. The Morgan fingerprint density at radius 2 is 1.04 bits per heavy atom. The van der Waals surface area contributed by atoms with Crippen LogP contribution in [-0.4, -0.2) is 19.0 Å². The number of ether oxygens (including phenoxy) is 1. The first kappa shape index (κ1) is 16.8. The summed E-state index contributed by atoms with van der Waals surface area (Å²) in [5.74, 6) is 2.40. The third-order valence-corrected chi connectivity index (χ3v) is 8.20. The van der Waals surface area contributed by atoms with Crippen LogP contribution in [0.1, 0.15) is 6.92 Å². The first-order chi connectivity index (χ1) is 11.9. The Morgan fingerprint density at radius 1 is 0.667 bits per heavy atom. The zero-order valence-corrected chi connectivity index (χ0v) is 14.9. The predicted octanol–water partition coefficient (Wildman–Crippen LogP) is 3.82. The molecule has 0 aliphatic rings. The van der Waals surface area contributed by atoms with Crippen LogP contribution in [0.4, 0.5) is 0 Å². The molecule has 0 aromatic heterocycles. The molecule has 24 heavy (non-hydrogen) atoms. The van der Waals surface area contributed by atoms with E-state index < -0.39 is 6.89 Å². The van der Waals surface area contributed by atoms with E-state index in [1.54, 1.807) is 0 Å². The van der Waals surface area contributed by atoms with Crippen molar-refractivity contribution in [3.63, 3.8) is 0 Å². The van der Waals surface area contributed by atoms with Crippen molar-refractivity contribution in [2.24, 2.45) is 0 Å². The highest BCUT2D eigenvalue weighted by Crippen LogP contribution is 2.43. The fourth-order valence-electron chi connectivity index (χ4n) is 3.04. The van der Waals surface area contributed by atoms with Crippen LogP contribution in [0.3, 0.4) is 0 Å². The molecule has 0 fully saturated rings. The average Bonchev–Trinajstić information content (AvgIpc) is 2.68. The van der Waals surface area contributed by atoms with Crippen molar-refractivity contribution in [1.82, 2.24) is 0 Å². The Balaban J connectivity index is 2.31. The van der Waals surface area contributed by atoms with Gasteiger partial charge in [-0.15, -0.1) is 0 Å². The molecule has 3 rings (SSSR count). The Morgan fingerprint density at radius 3 is 1.38 bits per heavy atom. The van der Waals surface area contributed by atoms with Crippen molar-refractivity contribution in [3.8, 4) is 0 Å². The molecular weight excluding hydrogens is 311 g/mol. The van der Waals surface area contributed by atoms with Crippen molar-refractivity contribution in [3.05, 3.63) is 91.0 Å². The summed E-state index contributed by atoms with van der Waals surface area (Å²) in [4.78, 5) is 0. The molecule has 0 heterocycles. The summed E-state index contributed by atoms with van der Waals surface area (Å²) in [5.41, 5.74) is 0. The molecule has 0 amide bonds. The molecule has 0 aliphatic heterocycles. The van der Waals surface area contributed by atoms with E-state index in [2.05, 4.69) is 96.8 Å². The third-order valence-electron chi connectivity index (χ3n) is 4.16. The van der Waals surface area contributed by atoms with Gasteiger partial charge in [0.25, 0.3) is 0 Å². The second kappa shape index (κ2) is 8.15. The summed E-state index contributed by atoms with van der Waals surface area (Å²) in [6.07, 6.45) is 0. The standard InChI is InChI=1S/C22H23OP/c1-2-23-18-19-24(20-12-6-3-7-13-20,21-14-8-4-9-15-21)22-16-10-5-11-17-22/h3-17,19H,2,18H2,1H3. The maximum absolute atomic E-state index is 5.73. The molecular formula is C22H23OP. The highest BCUT2D eigenvalue weighted by molar-refractivity contribution is 7.94. The van der Waals surface area contributed by atoms with Crippen LogP contribution in [-0.2, 0) is 4.74 Å². The van der Waals surface area contributed by atoms with Crippen molar-refractivity contribution in [2.45, 2.75) is 6.92 Å². The zero-order valence-electron chi connectivity index (χ0n) is 14.0. The van der Waals surface area contributed by atoms with E-state index in [9.17, 15) is 0 Å². The number of rotatable bonds is 6. The van der Waals surface area contributed by atoms with Gasteiger partial charge in [0.15, 0.2) is 0 Å². The van der Waals surface area contributed by atoms with Crippen LogP contribution in [0, 0.1) is 0 Å². The molecule has 2 heteroatoms. The van der Waals surface area contributed by atoms with Gasteiger partial charge in [-0.1, -0.05) is 91.0 Å². The van der Waals surface area contributed by atoms with Crippen LogP contribution in [0.5, 0.6) is 0 Å². The second-order valence-electron chi connectivity index (χ2n) is 5.57. The van der Waals surface area contributed by atoms with E-state index in [1.807, 2.05) is 6.92 Å². The molecule has 0 spiro atoms. The molecule has 0 saturated heterocycles. The van der Waals surface area contributed by atoms with Crippen LogP contribution in [0.2, 0.25) is 0 Å². The summed E-state index contributed by atoms with van der Waals surface area (Å²) < 4.78 is 5.73. The van der Waals surface area contributed by atoms with Gasteiger partial charge in [0.1, 0.15) is 0 Å². The molecule has 1 nitrogen and oxygen atoms in total. The normalized spacial score (nSPS) is 11.2. The highest BCUT2D eigenvalue weighted by atomic mass is 31.2. The predicted molar refractivity (Wildman–Crippen MR) is 108 cm³/mol. The summed E-state index contributed by atoms with van der Waals surface area (Å²) in [7, 11) is 0. The first-order valence-electron chi connectivity index (χ1n) is 8.35. The van der Waals surface area contributed by atoms with Crippen LogP contribution in [0.25, 0.3) is 0 Å². The molecule has 0 radical (unpaired) electrons. The van der Waals surface area contributed by atoms with Crippen molar-refractivity contribution >= 4 is 28.6 Å². The van der Waals surface area contributed by atoms with Gasteiger partial charge < -0.3 is 4.74 Å². The lowest BCUT2D eigenvalue weighted by atomic mass is 10.4. The molecule has 0 saturated carbocycles. The molecule has 0 unspecified atom stereocenters. The number of benzene rings is 3. The molecule has 3 aromatic carbocycles. The molecule has 3 aromatic rings. The lowest BCUT2D eigenvalue weighted by Gasteiger charge is -2.28. The number of hydrogen-bond donors (Lipinski definition) is 0. The van der Waals surface area contributed by atoms with Gasteiger partial charge in [0.2, 0.25) is 0 Å². The van der Waals surface area contributed by atoms with Gasteiger partial charge in [-0.05, 0) is 35.5 Å². The Bertz CT molecular complexity index is 692. The van der Waals surface area contributed by atoms with Gasteiger partial charge in [0.05, 0.1) is 6.61 Å².